The van der Waals surface area contributed by atoms with Gasteiger partial charge in [-0.2, -0.15) is 0 Å². The minimum Gasteiger partial charge on any atom is -0.349 e. The summed E-state index contributed by atoms with van der Waals surface area (Å²) in [5.74, 6) is 0.0636. The van der Waals surface area contributed by atoms with Gasteiger partial charge in [0.1, 0.15) is 0 Å². The van der Waals surface area contributed by atoms with Gasteiger partial charge in [0, 0.05) is 11.6 Å². The standard InChI is InChI=1S/C15H22N2O/c1-11-8-12(2)10-13(9-11)15(18)17-14-4-3-6-16-7-5-14/h8-10,14,16H,3-7H2,1-2H3,(H,17,18). The molecule has 0 radical (unpaired) electrons. The second-order valence-electron chi connectivity index (χ2n) is 5.23. The Kier molecular flexibility index (Phi) is 4.37. The molecule has 98 valence electrons. The van der Waals surface area contributed by atoms with Gasteiger partial charge in [-0.15, -0.1) is 0 Å². The first kappa shape index (κ1) is 13.1. The summed E-state index contributed by atoms with van der Waals surface area (Å²) in [6.45, 7) is 6.12. The van der Waals surface area contributed by atoms with E-state index < -0.39 is 0 Å². The molecule has 2 N–H and O–H groups in total. The zero-order valence-electron chi connectivity index (χ0n) is 11.3. The zero-order valence-corrected chi connectivity index (χ0v) is 11.3. The van der Waals surface area contributed by atoms with Crippen molar-refractivity contribution in [3.8, 4) is 0 Å². The van der Waals surface area contributed by atoms with Crippen molar-refractivity contribution in [3.05, 3.63) is 34.9 Å². The SMILES string of the molecule is Cc1cc(C)cc(C(=O)NC2CCCNCC2)c1. The van der Waals surface area contributed by atoms with Crippen LogP contribution in [0.3, 0.4) is 0 Å². The van der Waals surface area contributed by atoms with E-state index in [1.54, 1.807) is 0 Å². The molecule has 1 heterocycles. The van der Waals surface area contributed by atoms with Crippen LogP contribution in [0.25, 0.3) is 0 Å². The molecule has 1 saturated heterocycles. The maximum absolute atomic E-state index is 12.2. The van der Waals surface area contributed by atoms with Crippen molar-refractivity contribution in [3.63, 3.8) is 0 Å². The molecule has 1 fully saturated rings. The summed E-state index contributed by atoms with van der Waals surface area (Å²) in [5.41, 5.74) is 3.06. The van der Waals surface area contributed by atoms with Crippen LogP contribution in [0.15, 0.2) is 18.2 Å². The maximum Gasteiger partial charge on any atom is 0.251 e. The molecule has 0 saturated carbocycles. The van der Waals surface area contributed by atoms with E-state index >= 15 is 0 Å². The first-order valence-corrected chi connectivity index (χ1v) is 6.75. The summed E-state index contributed by atoms with van der Waals surface area (Å²) in [6, 6.07) is 6.31. The van der Waals surface area contributed by atoms with Crippen LogP contribution < -0.4 is 10.6 Å². The van der Waals surface area contributed by atoms with Gasteiger partial charge < -0.3 is 10.6 Å². The number of benzene rings is 1. The predicted molar refractivity (Wildman–Crippen MR) is 73.9 cm³/mol. The van der Waals surface area contributed by atoms with Crippen LogP contribution in [0.5, 0.6) is 0 Å². The Bertz CT molecular complexity index is 400. The van der Waals surface area contributed by atoms with Crippen LogP contribution >= 0.6 is 0 Å². The van der Waals surface area contributed by atoms with Gasteiger partial charge in [-0.25, -0.2) is 0 Å². The average Bonchev–Trinajstić information content (AvgIpc) is 2.56. The quantitative estimate of drug-likeness (QED) is 0.839. The molecule has 1 aliphatic rings. The summed E-state index contributed by atoms with van der Waals surface area (Å²) < 4.78 is 0. The smallest absolute Gasteiger partial charge is 0.251 e. The largest absolute Gasteiger partial charge is 0.349 e. The van der Waals surface area contributed by atoms with E-state index in [1.165, 1.54) is 0 Å². The normalized spacial score (nSPS) is 20.2. The Morgan fingerprint density at radius 2 is 1.89 bits per heavy atom. The van der Waals surface area contributed by atoms with Crippen molar-refractivity contribution >= 4 is 5.91 Å². The second kappa shape index (κ2) is 6.01. The van der Waals surface area contributed by atoms with E-state index in [0.717, 1.165) is 49.0 Å². The number of nitrogens with one attached hydrogen (secondary N) is 2. The fourth-order valence-electron chi connectivity index (χ4n) is 2.54. The summed E-state index contributed by atoms with van der Waals surface area (Å²) in [7, 11) is 0. The predicted octanol–water partition coefficient (Wildman–Crippen LogP) is 2.18. The zero-order chi connectivity index (χ0) is 13.0. The number of hydrogen-bond acceptors (Lipinski definition) is 2. The van der Waals surface area contributed by atoms with Crippen molar-refractivity contribution in [2.45, 2.75) is 39.2 Å². The summed E-state index contributed by atoms with van der Waals surface area (Å²) >= 11 is 0. The van der Waals surface area contributed by atoms with Crippen molar-refractivity contribution in [2.24, 2.45) is 0 Å². The minimum atomic E-state index is 0.0636. The highest BCUT2D eigenvalue weighted by atomic mass is 16.1. The summed E-state index contributed by atoms with van der Waals surface area (Å²) in [5, 5.41) is 6.51. The van der Waals surface area contributed by atoms with Gasteiger partial charge in [0.2, 0.25) is 0 Å². The molecule has 1 aromatic carbocycles. The lowest BCUT2D eigenvalue weighted by molar-refractivity contribution is 0.0934. The third-order valence-electron chi connectivity index (χ3n) is 3.39. The van der Waals surface area contributed by atoms with Crippen molar-refractivity contribution in [1.82, 2.24) is 10.6 Å². The molecule has 1 aromatic rings. The Morgan fingerprint density at radius 1 is 1.17 bits per heavy atom. The monoisotopic (exact) mass is 246 g/mol. The van der Waals surface area contributed by atoms with Crippen LogP contribution in [0.1, 0.15) is 40.7 Å². The lowest BCUT2D eigenvalue weighted by atomic mass is 10.1. The lowest BCUT2D eigenvalue weighted by Crippen LogP contribution is -2.35. The number of amides is 1. The first-order chi connectivity index (χ1) is 8.65. The molecule has 0 aromatic heterocycles. The van der Waals surface area contributed by atoms with E-state index in [1.807, 2.05) is 26.0 Å². The van der Waals surface area contributed by atoms with Crippen LogP contribution in [-0.4, -0.2) is 25.0 Å². The van der Waals surface area contributed by atoms with Gasteiger partial charge in [-0.3, -0.25) is 4.79 Å². The van der Waals surface area contributed by atoms with Gasteiger partial charge in [0.25, 0.3) is 5.91 Å². The molecule has 0 spiro atoms. The Hall–Kier alpha value is -1.35. The summed E-state index contributed by atoms with van der Waals surface area (Å²) in [6.07, 6.45) is 3.23. The molecule has 0 bridgehead atoms. The van der Waals surface area contributed by atoms with E-state index in [-0.39, 0.29) is 5.91 Å². The highest BCUT2D eigenvalue weighted by Gasteiger charge is 2.15. The van der Waals surface area contributed by atoms with Gasteiger partial charge >= 0.3 is 0 Å². The van der Waals surface area contributed by atoms with Crippen LogP contribution in [-0.2, 0) is 0 Å². The molecule has 18 heavy (non-hydrogen) atoms. The fourth-order valence-corrected chi connectivity index (χ4v) is 2.54. The highest BCUT2D eigenvalue weighted by molar-refractivity contribution is 5.94. The average molecular weight is 246 g/mol. The third-order valence-corrected chi connectivity index (χ3v) is 3.39. The van der Waals surface area contributed by atoms with Crippen LogP contribution in [0, 0.1) is 13.8 Å². The lowest BCUT2D eigenvalue weighted by Gasteiger charge is -2.16. The van der Waals surface area contributed by atoms with Crippen molar-refractivity contribution < 1.29 is 4.79 Å². The maximum atomic E-state index is 12.2. The Morgan fingerprint density at radius 3 is 2.61 bits per heavy atom. The number of carbonyl (C=O) groups is 1. The molecule has 1 atom stereocenters. The molecule has 1 unspecified atom stereocenters. The van der Waals surface area contributed by atoms with Gasteiger partial charge in [0.05, 0.1) is 0 Å². The fraction of sp³-hybridized carbons (Fsp3) is 0.533. The van der Waals surface area contributed by atoms with E-state index in [0.29, 0.717) is 6.04 Å². The number of carbonyl (C=O) groups excluding carboxylic acids is 1. The molecule has 2 rings (SSSR count). The molecular formula is C15H22N2O. The minimum absolute atomic E-state index is 0.0636. The third kappa shape index (κ3) is 3.57. The van der Waals surface area contributed by atoms with Gasteiger partial charge in [-0.05, 0) is 58.3 Å². The van der Waals surface area contributed by atoms with Crippen LogP contribution in [0.4, 0.5) is 0 Å². The van der Waals surface area contributed by atoms with Crippen molar-refractivity contribution in [2.75, 3.05) is 13.1 Å². The molecular weight excluding hydrogens is 224 g/mol. The van der Waals surface area contributed by atoms with E-state index in [4.69, 9.17) is 0 Å². The summed E-state index contributed by atoms with van der Waals surface area (Å²) in [4.78, 5) is 12.2. The van der Waals surface area contributed by atoms with Gasteiger partial charge in [0.15, 0.2) is 0 Å². The first-order valence-electron chi connectivity index (χ1n) is 6.75. The molecule has 3 nitrogen and oxygen atoms in total. The van der Waals surface area contributed by atoms with Crippen LogP contribution in [0.2, 0.25) is 0 Å². The molecule has 1 aliphatic heterocycles. The van der Waals surface area contributed by atoms with Crippen molar-refractivity contribution in [1.29, 1.82) is 0 Å². The molecule has 0 aliphatic carbocycles. The Labute approximate surface area is 109 Å². The van der Waals surface area contributed by atoms with Gasteiger partial charge in [-0.1, -0.05) is 17.2 Å². The second-order valence-corrected chi connectivity index (χ2v) is 5.23. The number of aryl methyl sites for hydroxylation is 2. The topological polar surface area (TPSA) is 41.1 Å². The molecule has 3 heteroatoms. The Balaban J connectivity index is 2.01. The highest BCUT2D eigenvalue weighted by Crippen LogP contribution is 2.11. The van der Waals surface area contributed by atoms with E-state index in [2.05, 4.69) is 16.7 Å². The van der Waals surface area contributed by atoms with E-state index in [9.17, 15) is 4.79 Å². The molecule has 1 amide bonds. The number of rotatable bonds is 2. The number of hydrogen-bond donors (Lipinski definition) is 2.